The number of pyridine rings is 1. The number of Topliss-reactive ketones (excluding diaryl/α,β-unsaturated/α-hetero) is 1. The second-order valence-corrected chi connectivity index (χ2v) is 8.17. The van der Waals surface area contributed by atoms with Gasteiger partial charge in [0, 0.05) is 37.0 Å². The van der Waals surface area contributed by atoms with Crippen molar-refractivity contribution >= 4 is 16.8 Å². The molecular formula is C27H18F3N5O. The van der Waals surface area contributed by atoms with Gasteiger partial charge in [0.15, 0.2) is 5.78 Å². The zero-order valence-corrected chi connectivity index (χ0v) is 19.0. The Labute approximate surface area is 204 Å². The van der Waals surface area contributed by atoms with Gasteiger partial charge in [-0.2, -0.15) is 18.3 Å². The van der Waals surface area contributed by atoms with Crippen LogP contribution in [0.2, 0.25) is 0 Å². The smallest absolute Gasteiger partial charge is 0.296 e. The summed E-state index contributed by atoms with van der Waals surface area (Å²) >= 11 is 0. The maximum atomic E-state index is 12.9. The van der Waals surface area contributed by atoms with Gasteiger partial charge in [0.1, 0.15) is 12.0 Å². The molecule has 36 heavy (non-hydrogen) atoms. The number of imidazole rings is 1. The number of halogens is 3. The average molecular weight is 485 g/mol. The van der Waals surface area contributed by atoms with Gasteiger partial charge >= 0.3 is 6.18 Å². The highest BCUT2D eigenvalue weighted by molar-refractivity contribution is 5.96. The predicted octanol–water partition coefficient (Wildman–Crippen LogP) is 5.00. The lowest BCUT2D eigenvalue weighted by atomic mass is 10.0. The van der Waals surface area contributed by atoms with E-state index in [2.05, 4.69) is 26.9 Å². The normalized spacial score (nSPS) is 11.3. The van der Waals surface area contributed by atoms with E-state index in [0.717, 1.165) is 40.6 Å². The summed E-state index contributed by atoms with van der Waals surface area (Å²) in [6, 6.07) is 14.4. The van der Waals surface area contributed by atoms with Crippen LogP contribution in [0, 0.1) is 11.8 Å². The first kappa shape index (κ1) is 23.1. The monoisotopic (exact) mass is 485 g/mol. The van der Waals surface area contributed by atoms with E-state index in [0.29, 0.717) is 11.1 Å². The molecule has 178 valence electrons. The van der Waals surface area contributed by atoms with E-state index in [1.165, 1.54) is 0 Å². The quantitative estimate of drug-likeness (QED) is 0.266. The number of aryl methyl sites for hydroxylation is 1. The molecule has 0 spiro atoms. The van der Waals surface area contributed by atoms with E-state index in [-0.39, 0.29) is 12.1 Å². The molecule has 0 aliphatic carbocycles. The molecule has 2 aromatic carbocycles. The molecule has 6 nitrogen and oxygen atoms in total. The highest BCUT2D eigenvalue weighted by Crippen LogP contribution is 2.29. The summed E-state index contributed by atoms with van der Waals surface area (Å²) in [6.45, 7) is 0. The summed E-state index contributed by atoms with van der Waals surface area (Å²) in [5, 5.41) is 4.19. The number of nitrogens with zero attached hydrogens (tertiary/aromatic N) is 5. The maximum Gasteiger partial charge on any atom is 0.416 e. The SMILES string of the molecule is Cn1cc(-n2cnc3cc(C#Cc4cccc(CC(=O)c5cc(C(F)(F)F)ccn5)c4)ccc32)cn1. The Morgan fingerprint density at radius 3 is 2.56 bits per heavy atom. The molecule has 3 aromatic heterocycles. The molecule has 0 radical (unpaired) electrons. The Bertz CT molecular complexity index is 1650. The Hall–Kier alpha value is -4.71. The summed E-state index contributed by atoms with van der Waals surface area (Å²) in [7, 11) is 1.85. The molecule has 9 heteroatoms. The van der Waals surface area contributed by atoms with Crippen LogP contribution in [0.4, 0.5) is 13.2 Å². The number of benzene rings is 2. The minimum Gasteiger partial charge on any atom is -0.296 e. The zero-order valence-electron chi connectivity index (χ0n) is 19.0. The Morgan fingerprint density at radius 2 is 1.81 bits per heavy atom. The van der Waals surface area contributed by atoms with Crippen LogP contribution >= 0.6 is 0 Å². The minimum absolute atomic E-state index is 0.0818. The molecule has 3 heterocycles. The van der Waals surface area contributed by atoms with Crippen LogP contribution in [-0.2, 0) is 19.6 Å². The van der Waals surface area contributed by atoms with Crippen molar-refractivity contribution in [3.63, 3.8) is 0 Å². The van der Waals surface area contributed by atoms with E-state index in [4.69, 9.17) is 0 Å². The Balaban J connectivity index is 1.34. The van der Waals surface area contributed by atoms with E-state index in [1.54, 1.807) is 41.5 Å². The van der Waals surface area contributed by atoms with E-state index in [1.807, 2.05) is 36.0 Å². The van der Waals surface area contributed by atoms with Crippen molar-refractivity contribution in [1.82, 2.24) is 24.3 Å². The minimum atomic E-state index is -4.53. The fourth-order valence-electron chi connectivity index (χ4n) is 3.77. The van der Waals surface area contributed by atoms with Crippen LogP contribution in [0.1, 0.15) is 32.7 Å². The molecule has 0 saturated heterocycles. The number of aromatic nitrogens is 5. The standard InChI is InChI=1S/C27H18F3N5O/c1-34-16-22(15-33-34)35-17-32-23-12-19(7-8-25(23)35)6-5-18-3-2-4-20(11-18)13-26(36)24-14-21(9-10-31-24)27(28,29)30/h2-4,7-12,14-17H,13H2,1H3. The summed E-state index contributed by atoms with van der Waals surface area (Å²) in [5.41, 5.74) is 3.59. The molecular weight excluding hydrogens is 467 g/mol. The van der Waals surface area contributed by atoms with Crippen LogP contribution in [-0.4, -0.2) is 30.1 Å². The first-order valence-corrected chi connectivity index (χ1v) is 10.9. The maximum absolute atomic E-state index is 12.9. The Morgan fingerprint density at radius 1 is 1.00 bits per heavy atom. The molecule has 0 fully saturated rings. The highest BCUT2D eigenvalue weighted by Gasteiger charge is 2.31. The van der Waals surface area contributed by atoms with Crippen LogP contribution in [0.5, 0.6) is 0 Å². The lowest BCUT2D eigenvalue weighted by Gasteiger charge is -2.07. The molecule has 0 aliphatic heterocycles. The number of rotatable bonds is 4. The van der Waals surface area contributed by atoms with Gasteiger partial charge in [-0.3, -0.25) is 19.0 Å². The molecule has 0 atom stereocenters. The van der Waals surface area contributed by atoms with Gasteiger partial charge in [-0.1, -0.05) is 24.0 Å². The number of fused-ring (bicyclic) bond motifs is 1. The fourth-order valence-corrected chi connectivity index (χ4v) is 3.77. The first-order valence-electron chi connectivity index (χ1n) is 10.9. The molecule has 0 amide bonds. The van der Waals surface area contributed by atoms with Crippen molar-refractivity contribution < 1.29 is 18.0 Å². The Kier molecular flexibility index (Phi) is 5.86. The van der Waals surface area contributed by atoms with Gasteiger partial charge in [0.05, 0.1) is 28.5 Å². The van der Waals surface area contributed by atoms with Gasteiger partial charge in [-0.15, -0.1) is 0 Å². The van der Waals surface area contributed by atoms with Crippen molar-refractivity contribution in [2.24, 2.45) is 7.05 Å². The van der Waals surface area contributed by atoms with E-state index < -0.39 is 17.5 Å². The largest absolute Gasteiger partial charge is 0.416 e. The second-order valence-electron chi connectivity index (χ2n) is 8.17. The average Bonchev–Trinajstić information content (AvgIpc) is 3.48. The van der Waals surface area contributed by atoms with Crippen LogP contribution in [0.15, 0.2) is 79.5 Å². The first-order chi connectivity index (χ1) is 17.3. The van der Waals surface area contributed by atoms with Crippen LogP contribution in [0.3, 0.4) is 0 Å². The van der Waals surface area contributed by atoms with Crippen molar-refractivity contribution in [2.45, 2.75) is 12.6 Å². The van der Waals surface area contributed by atoms with Gasteiger partial charge in [-0.25, -0.2) is 4.98 Å². The van der Waals surface area contributed by atoms with Crippen molar-refractivity contribution in [3.05, 3.63) is 107 Å². The predicted molar refractivity (Wildman–Crippen MR) is 128 cm³/mol. The number of hydrogen-bond acceptors (Lipinski definition) is 4. The number of hydrogen-bond donors (Lipinski definition) is 0. The number of carbonyl (C=O) groups is 1. The third-order valence-corrected chi connectivity index (χ3v) is 5.53. The molecule has 0 unspecified atom stereocenters. The number of ketones is 1. The zero-order chi connectivity index (χ0) is 25.3. The molecule has 0 N–H and O–H groups in total. The van der Waals surface area contributed by atoms with Crippen LogP contribution < -0.4 is 0 Å². The second kappa shape index (κ2) is 9.15. The van der Waals surface area contributed by atoms with Gasteiger partial charge < -0.3 is 0 Å². The summed E-state index contributed by atoms with van der Waals surface area (Å²) < 4.78 is 42.5. The van der Waals surface area contributed by atoms with E-state index in [9.17, 15) is 18.0 Å². The third-order valence-electron chi connectivity index (χ3n) is 5.53. The van der Waals surface area contributed by atoms with Gasteiger partial charge in [0.2, 0.25) is 0 Å². The molecule has 0 bridgehead atoms. The third kappa shape index (κ3) is 4.88. The van der Waals surface area contributed by atoms with Crippen molar-refractivity contribution in [2.75, 3.05) is 0 Å². The number of alkyl halides is 3. The van der Waals surface area contributed by atoms with Crippen molar-refractivity contribution in [3.8, 4) is 17.5 Å². The molecule has 5 rings (SSSR count). The lowest BCUT2D eigenvalue weighted by molar-refractivity contribution is -0.137. The van der Waals surface area contributed by atoms with Gasteiger partial charge in [-0.05, 0) is 48.0 Å². The molecule has 0 saturated carbocycles. The van der Waals surface area contributed by atoms with Crippen LogP contribution in [0.25, 0.3) is 16.7 Å². The summed E-state index contributed by atoms with van der Waals surface area (Å²) in [4.78, 5) is 20.8. The van der Waals surface area contributed by atoms with Gasteiger partial charge in [0.25, 0.3) is 0 Å². The van der Waals surface area contributed by atoms with E-state index >= 15 is 0 Å². The summed E-state index contributed by atoms with van der Waals surface area (Å²) in [6.07, 6.45) is 1.77. The topological polar surface area (TPSA) is 65.6 Å². The number of carbonyl (C=O) groups excluding carboxylic acids is 1. The lowest BCUT2D eigenvalue weighted by Crippen LogP contribution is -2.10. The fraction of sp³-hybridized carbons (Fsp3) is 0.111. The molecule has 5 aromatic rings. The summed E-state index contributed by atoms with van der Waals surface area (Å²) in [5.74, 6) is 5.68. The molecule has 0 aliphatic rings. The van der Waals surface area contributed by atoms with Crippen molar-refractivity contribution in [1.29, 1.82) is 0 Å². The highest BCUT2D eigenvalue weighted by atomic mass is 19.4.